The van der Waals surface area contributed by atoms with Crippen LogP contribution in [0.4, 0.5) is 5.82 Å². The van der Waals surface area contributed by atoms with Gasteiger partial charge in [-0.1, -0.05) is 43.7 Å². The molecule has 2 rings (SSSR count). The molecular weight excluding hydrogens is 302 g/mol. The van der Waals surface area contributed by atoms with Crippen molar-refractivity contribution in [1.82, 2.24) is 9.97 Å². The average molecular weight is 320 g/mol. The van der Waals surface area contributed by atoms with E-state index in [-0.39, 0.29) is 0 Å². The Bertz CT molecular complexity index is 541. The number of aryl methyl sites for hydroxylation is 3. The lowest BCUT2D eigenvalue weighted by Crippen LogP contribution is -2.06. The first-order valence-electron chi connectivity index (χ1n) is 6.55. The van der Waals surface area contributed by atoms with Gasteiger partial charge in [-0.2, -0.15) is 0 Å². The number of nitrogens with zero attached hydrogens (tertiary/aromatic N) is 2. The van der Waals surface area contributed by atoms with Crippen LogP contribution >= 0.6 is 15.9 Å². The molecule has 0 unspecified atom stereocenters. The lowest BCUT2D eigenvalue weighted by Gasteiger charge is -2.08. The molecule has 0 aliphatic heterocycles. The number of benzene rings is 1. The fourth-order valence-electron chi connectivity index (χ4n) is 1.98. The van der Waals surface area contributed by atoms with E-state index in [2.05, 4.69) is 57.1 Å². The number of nitrogen functional groups attached to an aromatic ring is 1. The first-order chi connectivity index (χ1) is 9.20. The van der Waals surface area contributed by atoms with Gasteiger partial charge in [0.2, 0.25) is 0 Å². The summed E-state index contributed by atoms with van der Waals surface area (Å²) in [5, 5.41) is 0. The molecule has 4 heteroatoms. The zero-order valence-corrected chi connectivity index (χ0v) is 12.7. The summed E-state index contributed by atoms with van der Waals surface area (Å²) >= 11 is 3.46. The van der Waals surface area contributed by atoms with Crippen molar-refractivity contribution in [2.24, 2.45) is 0 Å². The third kappa shape index (κ3) is 3.77. The van der Waals surface area contributed by atoms with Gasteiger partial charge in [0.25, 0.3) is 0 Å². The van der Waals surface area contributed by atoms with Gasteiger partial charge in [0, 0.05) is 6.42 Å². The second-order valence-electron chi connectivity index (χ2n) is 4.52. The van der Waals surface area contributed by atoms with Crippen molar-refractivity contribution in [3.05, 3.63) is 51.9 Å². The van der Waals surface area contributed by atoms with Gasteiger partial charge in [0.15, 0.2) is 0 Å². The summed E-state index contributed by atoms with van der Waals surface area (Å²) in [6.45, 7) is 2.13. The molecule has 0 saturated carbocycles. The fourth-order valence-corrected chi connectivity index (χ4v) is 2.36. The maximum absolute atomic E-state index is 5.92. The number of nitrogens with two attached hydrogens (primary N) is 1. The molecule has 0 amide bonds. The average Bonchev–Trinajstić information content (AvgIpc) is 2.43. The largest absolute Gasteiger partial charge is 0.383 e. The van der Waals surface area contributed by atoms with E-state index in [1.165, 1.54) is 5.56 Å². The Balaban J connectivity index is 2.12. The Labute approximate surface area is 122 Å². The first-order valence-corrected chi connectivity index (χ1v) is 7.34. The van der Waals surface area contributed by atoms with Crippen molar-refractivity contribution in [2.75, 3.05) is 5.73 Å². The lowest BCUT2D eigenvalue weighted by atomic mass is 10.1. The van der Waals surface area contributed by atoms with Crippen LogP contribution in [-0.2, 0) is 19.3 Å². The summed E-state index contributed by atoms with van der Waals surface area (Å²) in [5.41, 5.74) is 8.23. The highest BCUT2D eigenvalue weighted by Crippen LogP contribution is 2.22. The molecule has 100 valence electrons. The Morgan fingerprint density at radius 1 is 1.05 bits per heavy atom. The molecule has 19 heavy (non-hydrogen) atoms. The molecule has 1 aromatic heterocycles. The van der Waals surface area contributed by atoms with Crippen LogP contribution in [0, 0.1) is 0 Å². The van der Waals surface area contributed by atoms with Gasteiger partial charge < -0.3 is 5.73 Å². The minimum Gasteiger partial charge on any atom is -0.383 e. The Morgan fingerprint density at radius 2 is 1.79 bits per heavy atom. The van der Waals surface area contributed by atoms with Gasteiger partial charge in [-0.15, -0.1) is 0 Å². The lowest BCUT2D eigenvalue weighted by molar-refractivity contribution is 0.803. The zero-order chi connectivity index (χ0) is 13.7. The molecule has 0 fully saturated rings. The summed E-state index contributed by atoms with van der Waals surface area (Å²) < 4.78 is 0.845. The minimum atomic E-state index is 0.543. The Hall–Kier alpha value is -1.42. The summed E-state index contributed by atoms with van der Waals surface area (Å²) in [6.07, 6.45) is 3.73. The molecular formula is C15H18BrN3. The smallest absolute Gasteiger partial charge is 0.141 e. The third-order valence-corrected chi connectivity index (χ3v) is 3.82. The monoisotopic (exact) mass is 319 g/mol. The zero-order valence-electron chi connectivity index (χ0n) is 11.1. The molecule has 0 radical (unpaired) electrons. The molecule has 0 spiro atoms. The number of anilines is 1. The van der Waals surface area contributed by atoms with Crippen molar-refractivity contribution in [1.29, 1.82) is 0 Å². The summed E-state index contributed by atoms with van der Waals surface area (Å²) in [7, 11) is 0. The van der Waals surface area contributed by atoms with E-state index in [4.69, 9.17) is 5.73 Å². The quantitative estimate of drug-likeness (QED) is 0.916. The molecule has 0 atom stereocenters. The van der Waals surface area contributed by atoms with E-state index in [1.54, 1.807) is 0 Å². The predicted octanol–water partition coefficient (Wildman–Crippen LogP) is 3.56. The van der Waals surface area contributed by atoms with Crippen LogP contribution in [0.1, 0.15) is 30.4 Å². The maximum atomic E-state index is 5.92. The molecule has 0 aliphatic rings. The molecule has 2 aromatic rings. The van der Waals surface area contributed by atoms with Crippen LogP contribution in [-0.4, -0.2) is 9.97 Å². The van der Waals surface area contributed by atoms with Gasteiger partial charge >= 0.3 is 0 Å². The van der Waals surface area contributed by atoms with Crippen molar-refractivity contribution < 1.29 is 0 Å². The molecule has 0 aliphatic carbocycles. The van der Waals surface area contributed by atoms with E-state index < -0.39 is 0 Å². The topological polar surface area (TPSA) is 51.8 Å². The van der Waals surface area contributed by atoms with Gasteiger partial charge in [0.05, 0.1) is 10.2 Å². The molecule has 0 bridgehead atoms. The second kappa shape index (κ2) is 6.66. The first kappa shape index (κ1) is 14.0. The van der Waals surface area contributed by atoms with E-state index in [0.717, 1.165) is 41.7 Å². The van der Waals surface area contributed by atoms with Crippen LogP contribution < -0.4 is 5.73 Å². The van der Waals surface area contributed by atoms with Crippen molar-refractivity contribution in [3.8, 4) is 0 Å². The normalized spacial score (nSPS) is 10.6. The molecule has 0 saturated heterocycles. The van der Waals surface area contributed by atoms with E-state index >= 15 is 0 Å². The van der Waals surface area contributed by atoms with Crippen molar-refractivity contribution in [3.63, 3.8) is 0 Å². The highest BCUT2D eigenvalue weighted by molar-refractivity contribution is 9.10. The summed E-state index contributed by atoms with van der Waals surface area (Å²) in [5.74, 6) is 1.37. The standard InChI is InChI=1S/C15H18BrN3/c1-2-6-12-14(16)15(17)19-13(18-12)10-9-11-7-4-3-5-8-11/h3-5,7-8H,2,6,9-10H2,1H3,(H2,17,18,19). The number of rotatable bonds is 5. The highest BCUT2D eigenvalue weighted by Gasteiger charge is 2.09. The molecule has 2 N–H and O–H groups in total. The van der Waals surface area contributed by atoms with Crippen LogP contribution in [0.2, 0.25) is 0 Å². The van der Waals surface area contributed by atoms with Crippen molar-refractivity contribution in [2.45, 2.75) is 32.6 Å². The fraction of sp³-hybridized carbons (Fsp3) is 0.333. The van der Waals surface area contributed by atoms with E-state index in [1.807, 2.05) is 6.07 Å². The minimum absolute atomic E-state index is 0.543. The van der Waals surface area contributed by atoms with E-state index in [9.17, 15) is 0 Å². The highest BCUT2D eigenvalue weighted by atomic mass is 79.9. The number of aromatic nitrogens is 2. The number of hydrogen-bond donors (Lipinski definition) is 1. The third-order valence-electron chi connectivity index (χ3n) is 2.96. The predicted molar refractivity (Wildman–Crippen MR) is 82.0 cm³/mol. The Kier molecular flexibility index (Phi) is 4.91. The van der Waals surface area contributed by atoms with Gasteiger partial charge in [0.1, 0.15) is 11.6 Å². The van der Waals surface area contributed by atoms with Gasteiger partial charge in [-0.3, -0.25) is 0 Å². The summed E-state index contributed by atoms with van der Waals surface area (Å²) in [6, 6.07) is 10.4. The SMILES string of the molecule is CCCc1nc(CCc2ccccc2)nc(N)c1Br. The van der Waals surface area contributed by atoms with Crippen LogP contribution in [0.3, 0.4) is 0 Å². The van der Waals surface area contributed by atoms with Crippen LogP contribution in [0.25, 0.3) is 0 Å². The Morgan fingerprint density at radius 3 is 2.47 bits per heavy atom. The van der Waals surface area contributed by atoms with Gasteiger partial charge in [-0.05, 0) is 34.3 Å². The molecule has 1 aromatic carbocycles. The molecule has 1 heterocycles. The van der Waals surface area contributed by atoms with Crippen LogP contribution in [0.15, 0.2) is 34.8 Å². The second-order valence-corrected chi connectivity index (χ2v) is 5.31. The van der Waals surface area contributed by atoms with E-state index in [0.29, 0.717) is 5.82 Å². The van der Waals surface area contributed by atoms with Crippen LogP contribution in [0.5, 0.6) is 0 Å². The van der Waals surface area contributed by atoms with Gasteiger partial charge in [-0.25, -0.2) is 9.97 Å². The maximum Gasteiger partial charge on any atom is 0.141 e. The number of halogens is 1. The summed E-state index contributed by atoms with van der Waals surface area (Å²) in [4.78, 5) is 8.95. The van der Waals surface area contributed by atoms with Crippen molar-refractivity contribution >= 4 is 21.7 Å². The molecule has 3 nitrogen and oxygen atoms in total. The number of hydrogen-bond acceptors (Lipinski definition) is 3.